The van der Waals surface area contributed by atoms with Crippen molar-refractivity contribution in [2.45, 2.75) is 18.9 Å². The Balaban J connectivity index is 1.52. The van der Waals surface area contributed by atoms with Gasteiger partial charge in [-0.25, -0.2) is 4.98 Å². The van der Waals surface area contributed by atoms with Crippen molar-refractivity contribution in [2.75, 3.05) is 19.6 Å². The molecule has 0 aromatic carbocycles. The topological polar surface area (TPSA) is 49.6 Å². The van der Waals surface area contributed by atoms with Gasteiger partial charge < -0.3 is 14.6 Å². The predicted octanol–water partition coefficient (Wildman–Crippen LogP) is 1.16. The van der Waals surface area contributed by atoms with E-state index in [0.29, 0.717) is 11.6 Å². The van der Waals surface area contributed by atoms with E-state index in [9.17, 15) is 4.79 Å². The smallest absolute Gasteiger partial charge is 0.270 e. The Morgan fingerprint density at radius 2 is 2.20 bits per heavy atom. The van der Waals surface area contributed by atoms with Gasteiger partial charge in [0.2, 0.25) is 0 Å². The molecule has 3 aliphatic rings. The minimum Gasteiger partial charge on any atom is -0.346 e. The number of aromatic nitrogens is 2. The number of nitrogens with zero attached hydrogens (tertiary/aromatic N) is 3. The lowest BCUT2D eigenvalue weighted by Crippen LogP contribution is -2.57. The zero-order valence-electron chi connectivity index (χ0n) is 11.3. The van der Waals surface area contributed by atoms with Gasteiger partial charge in [-0.2, -0.15) is 0 Å². The molecule has 3 saturated heterocycles. The molecule has 5 nitrogen and oxygen atoms in total. The molecular formula is C15H18N4O. The first-order valence-corrected chi connectivity index (χ1v) is 7.25. The van der Waals surface area contributed by atoms with E-state index >= 15 is 0 Å². The summed E-state index contributed by atoms with van der Waals surface area (Å²) in [5.41, 5.74) is 1.51. The predicted molar refractivity (Wildman–Crippen MR) is 75.6 cm³/mol. The number of amides is 1. The molecule has 0 saturated carbocycles. The van der Waals surface area contributed by atoms with Crippen LogP contribution in [0.15, 0.2) is 30.7 Å². The van der Waals surface area contributed by atoms with Gasteiger partial charge in [-0.05, 0) is 50.0 Å². The van der Waals surface area contributed by atoms with Crippen LogP contribution in [0.4, 0.5) is 0 Å². The first-order valence-electron chi connectivity index (χ1n) is 7.25. The molecule has 20 heavy (non-hydrogen) atoms. The third-order valence-electron chi connectivity index (χ3n) is 4.62. The zero-order chi connectivity index (χ0) is 13.5. The number of hydrogen-bond donors (Lipinski definition) is 1. The van der Waals surface area contributed by atoms with Gasteiger partial charge in [0.05, 0.1) is 6.33 Å². The molecule has 2 bridgehead atoms. The number of carbonyl (C=O) groups is 1. The molecule has 1 N–H and O–H groups in total. The highest BCUT2D eigenvalue weighted by Gasteiger charge is 2.35. The van der Waals surface area contributed by atoms with Crippen molar-refractivity contribution >= 4 is 11.4 Å². The number of piperidine rings is 3. The number of hydrogen-bond acceptors (Lipinski definition) is 3. The van der Waals surface area contributed by atoms with Crippen LogP contribution in [0.3, 0.4) is 0 Å². The summed E-state index contributed by atoms with van der Waals surface area (Å²) in [6, 6.07) is 6.06. The third kappa shape index (κ3) is 1.98. The maximum Gasteiger partial charge on any atom is 0.270 e. The molecule has 3 aliphatic heterocycles. The summed E-state index contributed by atoms with van der Waals surface area (Å²) in [6.07, 6.45) is 6.03. The van der Waals surface area contributed by atoms with Gasteiger partial charge in [0, 0.05) is 24.3 Å². The summed E-state index contributed by atoms with van der Waals surface area (Å²) < 4.78 is 1.91. The van der Waals surface area contributed by atoms with Gasteiger partial charge in [0.1, 0.15) is 5.69 Å². The second-order valence-electron chi connectivity index (χ2n) is 5.83. The minimum atomic E-state index is -0.0487. The molecule has 3 fully saturated rings. The fraction of sp³-hybridized carbons (Fsp3) is 0.467. The van der Waals surface area contributed by atoms with Crippen molar-refractivity contribution in [3.63, 3.8) is 0 Å². The second-order valence-corrected chi connectivity index (χ2v) is 5.83. The molecule has 5 rings (SSSR count). The molecule has 5 heteroatoms. The number of nitrogens with one attached hydrogen (secondary N) is 1. The van der Waals surface area contributed by atoms with Gasteiger partial charge in [-0.3, -0.25) is 4.79 Å². The average Bonchev–Trinajstić information content (AvgIpc) is 2.96. The third-order valence-corrected chi connectivity index (χ3v) is 4.62. The fourth-order valence-corrected chi connectivity index (χ4v) is 3.43. The van der Waals surface area contributed by atoms with Gasteiger partial charge in [-0.15, -0.1) is 0 Å². The van der Waals surface area contributed by atoms with E-state index in [0.717, 1.165) is 12.1 Å². The lowest BCUT2D eigenvalue weighted by molar-refractivity contribution is 0.0617. The normalized spacial score (nSPS) is 28.7. The van der Waals surface area contributed by atoms with E-state index in [-0.39, 0.29) is 11.9 Å². The Morgan fingerprint density at radius 3 is 2.95 bits per heavy atom. The Hall–Kier alpha value is -1.88. The molecule has 0 radical (unpaired) electrons. The molecule has 0 aliphatic carbocycles. The quantitative estimate of drug-likeness (QED) is 0.891. The minimum absolute atomic E-state index is 0.0487. The van der Waals surface area contributed by atoms with Crippen LogP contribution in [-0.4, -0.2) is 45.9 Å². The first kappa shape index (κ1) is 11.9. The monoisotopic (exact) mass is 270 g/mol. The van der Waals surface area contributed by atoms with Crippen LogP contribution in [0, 0.1) is 5.92 Å². The maximum atomic E-state index is 12.4. The summed E-state index contributed by atoms with van der Waals surface area (Å²) in [7, 11) is 0. The summed E-state index contributed by atoms with van der Waals surface area (Å²) in [5, 5.41) is 3.17. The molecule has 2 aromatic rings. The largest absolute Gasteiger partial charge is 0.346 e. The van der Waals surface area contributed by atoms with Crippen molar-refractivity contribution in [1.29, 1.82) is 0 Å². The number of fused-ring (bicyclic) bond motifs is 4. The standard InChI is InChI=1S/C15H18N4O/c20-15(13-8-12-2-1-5-19(12)10-16-13)17-14-9-18-6-3-11(14)4-7-18/h1-2,5,8,10-11,14H,3-4,6-7,9H2,(H,17,20)/t14-/m0/s1. The van der Waals surface area contributed by atoms with Crippen LogP contribution in [0.25, 0.3) is 5.52 Å². The van der Waals surface area contributed by atoms with Crippen LogP contribution in [0.1, 0.15) is 23.3 Å². The van der Waals surface area contributed by atoms with Crippen molar-refractivity contribution < 1.29 is 4.79 Å². The summed E-state index contributed by atoms with van der Waals surface area (Å²) in [4.78, 5) is 19.0. The first-order chi connectivity index (χ1) is 9.79. The molecule has 5 heterocycles. The summed E-state index contributed by atoms with van der Waals surface area (Å²) in [5.74, 6) is 0.591. The molecule has 104 valence electrons. The summed E-state index contributed by atoms with van der Waals surface area (Å²) >= 11 is 0. The lowest BCUT2D eigenvalue weighted by atomic mass is 9.84. The van der Waals surface area contributed by atoms with Crippen molar-refractivity contribution in [3.8, 4) is 0 Å². The fourth-order valence-electron chi connectivity index (χ4n) is 3.43. The lowest BCUT2D eigenvalue weighted by Gasteiger charge is -2.44. The van der Waals surface area contributed by atoms with Crippen molar-refractivity contribution in [3.05, 3.63) is 36.4 Å². The van der Waals surface area contributed by atoms with Crippen LogP contribution >= 0.6 is 0 Å². The number of carbonyl (C=O) groups excluding carboxylic acids is 1. The average molecular weight is 270 g/mol. The van der Waals surface area contributed by atoms with Crippen LogP contribution in [0.2, 0.25) is 0 Å². The van der Waals surface area contributed by atoms with E-state index in [4.69, 9.17) is 0 Å². The molecule has 1 amide bonds. The molecule has 1 atom stereocenters. The molecule has 2 aromatic heterocycles. The van der Waals surface area contributed by atoms with Crippen LogP contribution < -0.4 is 5.32 Å². The maximum absolute atomic E-state index is 12.4. The van der Waals surface area contributed by atoms with E-state index < -0.39 is 0 Å². The van der Waals surface area contributed by atoms with Crippen molar-refractivity contribution in [2.24, 2.45) is 5.92 Å². The zero-order valence-corrected chi connectivity index (χ0v) is 11.3. The van der Waals surface area contributed by atoms with Crippen LogP contribution in [-0.2, 0) is 0 Å². The molecule has 0 unspecified atom stereocenters. The highest BCUT2D eigenvalue weighted by atomic mass is 16.2. The van der Waals surface area contributed by atoms with Gasteiger partial charge in [0.25, 0.3) is 5.91 Å². The van der Waals surface area contributed by atoms with E-state index in [2.05, 4.69) is 15.2 Å². The Labute approximate surface area is 117 Å². The van der Waals surface area contributed by atoms with Gasteiger partial charge in [-0.1, -0.05) is 0 Å². The second kappa shape index (κ2) is 4.59. The van der Waals surface area contributed by atoms with E-state index in [1.54, 1.807) is 6.33 Å². The highest BCUT2D eigenvalue weighted by molar-refractivity contribution is 5.93. The highest BCUT2D eigenvalue weighted by Crippen LogP contribution is 2.27. The summed E-state index contributed by atoms with van der Waals surface area (Å²) in [6.45, 7) is 3.36. The Morgan fingerprint density at radius 1 is 1.35 bits per heavy atom. The molecular weight excluding hydrogens is 252 g/mol. The van der Waals surface area contributed by atoms with E-state index in [1.165, 1.54) is 25.9 Å². The van der Waals surface area contributed by atoms with Gasteiger partial charge >= 0.3 is 0 Å². The Bertz CT molecular complexity index is 642. The van der Waals surface area contributed by atoms with Crippen molar-refractivity contribution in [1.82, 2.24) is 19.6 Å². The number of rotatable bonds is 2. The van der Waals surface area contributed by atoms with E-state index in [1.807, 2.05) is 28.8 Å². The SMILES string of the molecule is O=C(N[C@H]1CN2CCC1CC2)c1cc2cccn2cn1. The van der Waals surface area contributed by atoms with Gasteiger partial charge in [0.15, 0.2) is 0 Å². The Kier molecular flexibility index (Phi) is 2.73. The molecule has 0 spiro atoms. The van der Waals surface area contributed by atoms with Crippen LogP contribution in [0.5, 0.6) is 0 Å².